The summed E-state index contributed by atoms with van der Waals surface area (Å²) < 4.78 is 79.1. The van der Waals surface area contributed by atoms with Crippen LogP contribution >= 0.6 is 0 Å². The molecule has 1 heterocycles. The fourth-order valence-corrected chi connectivity index (χ4v) is 3.56. The van der Waals surface area contributed by atoms with E-state index in [2.05, 4.69) is 15.5 Å². The Hall–Kier alpha value is -3.54. The van der Waals surface area contributed by atoms with Gasteiger partial charge in [0.25, 0.3) is 11.8 Å². The maximum absolute atomic E-state index is 13.9. The van der Waals surface area contributed by atoms with Crippen LogP contribution in [0.3, 0.4) is 0 Å². The van der Waals surface area contributed by atoms with Crippen LogP contribution in [0.15, 0.2) is 47.4 Å². The first-order chi connectivity index (χ1) is 15.3. The van der Waals surface area contributed by atoms with E-state index < -0.39 is 50.3 Å². The van der Waals surface area contributed by atoms with Crippen molar-refractivity contribution in [2.24, 2.45) is 0 Å². The lowest BCUT2D eigenvalue weighted by Crippen LogP contribution is -2.21. The van der Waals surface area contributed by atoms with Crippen LogP contribution in [0.2, 0.25) is 0 Å². The van der Waals surface area contributed by atoms with Gasteiger partial charge >= 0.3 is 6.18 Å². The van der Waals surface area contributed by atoms with Gasteiger partial charge in [-0.1, -0.05) is 12.1 Å². The minimum atomic E-state index is -4.89. The molecule has 0 spiro atoms. The molecule has 1 aromatic heterocycles. The fourth-order valence-electron chi connectivity index (χ4n) is 2.87. The number of benzene rings is 2. The van der Waals surface area contributed by atoms with Gasteiger partial charge in [0, 0.05) is 22.9 Å². The van der Waals surface area contributed by atoms with Gasteiger partial charge in [0.05, 0.1) is 9.73 Å². The Morgan fingerprint density at radius 3 is 2.42 bits per heavy atom. The third kappa shape index (κ3) is 5.45. The maximum Gasteiger partial charge on any atom is 0.435 e. The van der Waals surface area contributed by atoms with E-state index in [-0.39, 0.29) is 16.3 Å². The molecule has 0 aliphatic rings. The molecule has 2 N–H and O–H groups in total. The molecule has 7 nitrogen and oxygen atoms in total. The summed E-state index contributed by atoms with van der Waals surface area (Å²) in [5, 5.41) is 8.97. The summed E-state index contributed by atoms with van der Waals surface area (Å²) in [7, 11) is -3.10. The van der Waals surface area contributed by atoms with Gasteiger partial charge in [-0.15, -0.1) is 10.2 Å². The Morgan fingerprint density at radius 1 is 1.12 bits per heavy atom. The van der Waals surface area contributed by atoms with Crippen molar-refractivity contribution in [1.82, 2.24) is 10.2 Å². The number of carbonyl (C=O) groups is 1. The molecule has 2 aromatic carbocycles. The first-order valence-electron chi connectivity index (χ1n) is 9.31. The highest BCUT2D eigenvalue weighted by molar-refractivity contribution is 7.91. The molecule has 33 heavy (non-hydrogen) atoms. The Morgan fingerprint density at radius 2 is 1.82 bits per heavy atom. The Kier molecular flexibility index (Phi) is 6.41. The zero-order valence-corrected chi connectivity index (χ0v) is 18.4. The number of aryl methyl sites for hydroxylation is 1. The van der Waals surface area contributed by atoms with E-state index in [1.54, 1.807) is 0 Å². The van der Waals surface area contributed by atoms with E-state index in [0.29, 0.717) is 5.56 Å². The number of carbonyl (C=O) groups excluding carboxylic acids is 1. The average molecular weight is 482 g/mol. The van der Waals surface area contributed by atoms with Crippen LogP contribution in [-0.2, 0) is 15.9 Å². The van der Waals surface area contributed by atoms with Crippen LogP contribution in [0, 0.1) is 24.4 Å². The summed E-state index contributed by atoms with van der Waals surface area (Å²) in [6, 6.07) is 9.31. The third-order valence-corrected chi connectivity index (χ3v) is 5.73. The summed E-state index contributed by atoms with van der Waals surface area (Å²) in [6.07, 6.45) is -3.70. The summed E-state index contributed by atoms with van der Waals surface area (Å²) >= 11 is 0. The number of alkyl halides is 3. The number of aromatic nitrogens is 2. The molecule has 0 aliphatic carbocycles. The van der Waals surface area contributed by atoms with Gasteiger partial charge in [-0.2, -0.15) is 13.2 Å². The summed E-state index contributed by atoms with van der Waals surface area (Å²) in [5.41, 5.74) is -2.08. The van der Waals surface area contributed by atoms with Gasteiger partial charge in [0.1, 0.15) is 17.1 Å². The molecule has 0 aliphatic heterocycles. The smallest absolute Gasteiger partial charge is 0.435 e. The van der Waals surface area contributed by atoms with E-state index in [1.807, 2.05) is 0 Å². The van der Waals surface area contributed by atoms with E-state index in [4.69, 9.17) is 9.52 Å². The molecule has 3 aromatic rings. The van der Waals surface area contributed by atoms with Crippen LogP contribution in [0.4, 0.5) is 23.2 Å². The van der Waals surface area contributed by atoms with Crippen LogP contribution < -0.4 is 10.1 Å². The van der Waals surface area contributed by atoms with Gasteiger partial charge in [-0.05, 0) is 49.2 Å². The summed E-state index contributed by atoms with van der Waals surface area (Å²) in [6.45, 7) is 2.55. The largest absolute Gasteiger partial charge is 0.437 e. The monoisotopic (exact) mass is 482 g/mol. The lowest BCUT2D eigenvalue weighted by Gasteiger charge is -2.16. The van der Waals surface area contributed by atoms with E-state index in [1.165, 1.54) is 49.6 Å². The van der Waals surface area contributed by atoms with Crippen LogP contribution in [0.25, 0.3) is 0 Å². The lowest BCUT2D eigenvalue weighted by molar-refractivity contribution is -0.142. The van der Waals surface area contributed by atoms with Gasteiger partial charge < -0.3 is 10.1 Å². The third-order valence-electron chi connectivity index (χ3n) is 4.58. The Balaban J connectivity index is 2.07. The predicted molar refractivity (Wildman–Crippen MR) is 112 cm³/mol. The highest BCUT2D eigenvalue weighted by atomic mass is 32.2. The minimum Gasteiger partial charge on any atom is -0.437 e. The highest BCUT2D eigenvalue weighted by Gasteiger charge is 2.38. The number of anilines is 1. The molecule has 1 amide bonds. The van der Waals surface area contributed by atoms with Crippen molar-refractivity contribution in [2.75, 3.05) is 11.6 Å². The number of nitrogens with one attached hydrogen (secondary N) is 2. The topological polar surface area (TPSA) is 105 Å². The molecule has 1 unspecified atom stereocenters. The quantitative estimate of drug-likeness (QED) is 0.478. The van der Waals surface area contributed by atoms with Crippen molar-refractivity contribution in [3.63, 3.8) is 0 Å². The zero-order chi connectivity index (χ0) is 24.6. The molecule has 1 atom stereocenters. The number of ether oxygens (including phenoxy) is 1. The van der Waals surface area contributed by atoms with Crippen LogP contribution in [-0.4, -0.2) is 26.6 Å². The molecule has 0 radical (unpaired) electrons. The first-order valence-corrected chi connectivity index (χ1v) is 11.3. The van der Waals surface area contributed by atoms with Crippen molar-refractivity contribution in [3.8, 4) is 11.6 Å². The van der Waals surface area contributed by atoms with Gasteiger partial charge in [-0.25, -0.2) is 13.4 Å². The molecule has 0 bridgehead atoms. The molecule has 0 saturated carbocycles. The SMILES string of the molecule is Cc1ccc(Oc2nnc(C(F)(F)F)c(C)c2C(=O)Nc2cccc(S(C)(=N)=O)c2)cc1F. The van der Waals surface area contributed by atoms with Gasteiger partial charge in [-0.3, -0.25) is 4.79 Å². The van der Waals surface area contributed by atoms with E-state index in [9.17, 15) is 26.6 Å². The molecule has 12 heteroatoms. The molecule has 3 rings (SSSR count). The lowest BCUT2D eigenvalue weighted by atomic mass is 10.1. The first kappa shape index (κ1) is 24.1. The Labute approximate surface area is 186 Å². The van der Waals surface area contributed by atoms with Crippen molar-refractivity contribution in [2.45, 2.75) is 24.9 Å². The van der Waals surface area contributed by atoms with Crippen molar-refractivity contribution in [1.29, 1.82) is 4.78 Å². The number of hydrogen-bond acceptors (Lipinski definition) is 6. The summed E-state index contributed by atoms with van der Waals surface area (Å²) in [4.78, 5) is 13.1. The van der Waals surface area contributed by atoms with Crippen molar-refractivity contribution >= 4 is 21.3 Å². The number of nitrogens with zero attached hydrogens (tertiary/aromatic N) is 2. The second-order valence-corrected chi connectivity index (χ2v) is 9.35. The number of hydrogen-bond donors (Lipinski definition) is 2. The normalized spacial score (nSPS) is 13.3. The van der Waals surface area contributed by atoms with E-state index >= 15 is 0 Å². The Bertz CT molecular complexity index is 1340. The molecular formula is C21H18F4N4O3S. The second kappa shape index (κ2) is 8.77. The predicted octanol–water partition coefficient (Wildman–Crippen LogP) is 5.33. The molecule has 0 fully saturated rings. The van der Waals surface area contributed by atoms with Crippen molar-refractivity contribution < 1.29 is 31.3 Å². The second-order valence-electron chi connectivity index (χ2n) is 7.19. The van der Waals surface area contributed by atoms with Crippen LogP contribution in [0.1, 0.15) is 27.2 Å². The standard InChI is InChI=1S/C21H18F4N4O3S/c1-11-7-8-14(10-16(11)22)32-20-17(12(2)18(28-29-20)21(23,24)25)19(30)27-13-5-4-6-15(9-13)33(3,26)31/h4-10,26H,1-3H3,(H,27,30). The molecular weight excluding hydrogens is 464 g/mol. The fraction of sp³-hybridized carbons (Fsp3) is 0.190. The zero-order valence-electron chi connectivity index (χ0n) is 17.6. The number of rotatable bonds is 5. The number of halogens is 4. The molecule has 0 saturated heterocycles. The average Bonchev–Trinajstić information content (AvgIpc) is 2.69. The van der Waals surface area contributed by atoms with E-state index in [0.717, 1.165) is 13.0 Å². The minimum absolute atomic E-state index is 0.0939. The van der Waals surface area contributed by atoms with Crippen molar-refractivity contribution in [3.05, 3.63) is 70.7 Å². The maximum atomic E-state index is 13.9. The summed E-state index contributed by atoms with van der Waals surface area (Å²) in [5.74, 6) is -2.29. The molecule has 174 valence electrons. The van der Waals surface area contributed by atoms with Gasteiger partial charge in [0.15, 0.2) is 5.69 Å². The number of amides is 1. The van der Waals surface area contributed by atoms with Gasteiger partial charge in [0.2, 0.25) is 0 Å². The highest BCUT2D eigenvalue weighted by Crippen LogP contribution is 2.35. The van der Waals surface area contributed by atoms with Crippen LogP contribution in [0.5, 0.6) is 11.6 Å².